The zero-order valence-corrected chi connectivity index (χ0v) is 14.1. The van der Waals surface area contributed by atoms with Crippen LogP contribution in [0.1, 0.15) is 30.6 Å². The second-order valence-corrected chi connectivity index (χ2v) is 6.45. The molecule has 120 valence electrons. The van der Waals surface area contributed by atoms with Crippen molar-refractivity contribution in [3.63, 3.8) is 0 Å². The molecule has 2 heterocycles. The van der Waals surface area contributed by atoms with Crippen molar-refractivity contribution in [2.75, 3.05) is 5.32 Å². The highest BCUT2D eigenvalue weighted by atomic mass is 32.1. The second-order valence-electron chi connectivity index (χ2n) is 5.39. The summed E-state index contributed by atoms with van der Waals surface area (Å²) in [5, 5.41) is 12.5. The zero-order chi connectivity index (χ0) is 16.2. The smallest absolute Gasteiger partial charge is 0.246 e. The molecule has 0 atom stereocenters. The fourth-order valence-electron chi connectivity index (χ4n) is 2.43. The van der Waals surface area contributed by atoms with Gasteiger partial charge in [-0.1, -0.05) is 36.8 Å². The maximum Gasteiger partial charge on any atom is 0.246 e. The normalized spacial score (nSPS) is 11.0. The van der Waals surface area contributed by atoms with Crippen molar-refractivity contribution in [3.05, 3.63) is 35.1 Å². The Morgan fingerprint density at radius 1 is 1.30 bits per heavy atom. The summed E-state index contributed by atoms with van der Waals surface area (Å²) in [6.45, 7) is 4.26. The molecule has 2 aromatic heterocycles. The molecule has 7 heteroatoms. The Labute approximate surface area is 138 Å². The minimum Gasteiger partial charge on any atom is -0.319 e. The molecule has 0 saturated carbocycles. The van der Waals surface area contributed by atoms with Crippen LogP contribution >= 0.6 is 11.3 Å². The zero-order valence-electron chi connectivity index (χ0n) is 13.2. The molecule has 0 spiro atoms. The maximum absolute atomic E-state index is 12.3. The van der Waals surface area contributed by atoms with Gasteiger partial charge < -0.3 is 4.57 Å². The topological polar surface area (TPSA) is 72.7 Å². The van der Waals surface area contributed by atoms with Crippen LogP contribution in [0, 0.1) is 6.92 Å². The standard InChI is InChI=1S/C16H19N5OS/c1-3-4-9-15-19-20-16(23-15)18-14(22)10-21-11(2)17-12-7-5-6-8-13(12)21/h5-8H,3-4,9-10H2,1-2H3,(H,18,20,22). The fraction of sp³-hybridized carbons (Fsp3) is 0.375. The van der Waals surface area contributed by atoms with E-state index in [0.29, 0.717) is 5.13 Å². The average molecular weight is 329 g/mol. The Morgan fingerprint density at radius 3 is 2.96 bits per heavy atom. The molecule has 0 aliphatic rings. The van der Waals surface area contributed by atoms with Gasteiger partial charge in [0.15, 0.2) is 0 Å². The third-order valence-corrected chi connectivity index (χ3v) is 4.50. The van der Waals surface area contributed by atoms with E-state index in [1.807, 2.05) is 35.8 Å². The lowest BCUT2D eigenvalue weighted by molar-refractivity contribution is -0.116. The van der Waals surface area contributed by atoms with Crippen LogP contribution in [0.2, 0.25) is 0 Å². The van der Waals surface area contributed by atoms with Crippen molar-refractivity contribution in [1.29, 1.82) is 0 Å². The van der Waals surface area contributed by atoms with Gasteiger partial charge in [0.25, 0.3) is 0 Å². The molecule has 3 aromatic rings. The van der Waals surface area contributed by atoms with Crippen LogP contribution in [-0.2, 0) is 17.8 Å². The second kappa shape index (κ2) is 6.87. The molecule has 1 aromatic carbocycles. The number of benzene rings is 1. The first-order valence-electron chi connectivity index (χ1n) is 7.71. The molecule has 1 N–H and O–H groups in total. The molecule has 0 aliphatic carbocycles. The van der Waals surface area contributed by atoms with Crippen molar-refractivity contribution in [2.45, 2.75) is 39.7 Å². The SMILES string of the molecule is CCCCc1nnc(NC(=O)Cn2c(C)nc3ccccc32)s1. The molecule has 1 amide bonds. The lowest BCUT2D eigenvalue weighted by atomic mass is 10.3. The van der Waals surface area contributed by atoms with E-state index in [9.17, 15) is 4.79 Å². The summed E-state index contributed by atoms with van der Waals surface area (Å²) in [4.78, 5) is 16.7. The molecule has 0 radical (unpaired) electrons. The van der Waals surface area contributed by atoms with E-state index in [-0.39, 0.29) is 12.5 Å². The quantitative estimate of drug-likeness (QED) is 0.754. The minimum absolute atomic E-state index is 0.116. The largest absolute Gasteiger partial charge is 0.319 e. The number of amides is 1. The molecule has 23 heavy (non-hydrogen) atoms. The van der Waals surface area contributed by atoms with E-state index in [4.69, 9.17) is 0 Å². The van der Waals surface area contributed by atoms with E-state index in [0.717, 1.165) is 41.1 Å². The van der Waals surface area contributed by atoms with Crippen LogP contribution in [0.15, 0.2) is 24.3 Å². The van der Waals surface area contributed by atoms with Crippen LogP contribution < -0.4 is 5.32 Å². The number of carbonyl (C=O) groups excluding carboxylic acids is 1. The number of hydrogen-bond donors (Lipinski definition) is 1. The highest BCUT2D eigenvalue weighted by molar-refractivity contribution is 7.15. The van der Waals surface area contributed by atoms with Gasteiger partial charge in [0.2, 0.25) is 11.0 Å². The van der Waals surface area contributed by atoms with Crippen LogP contribution in [0.4, 0.5) is 5.13 Å². The molecule has 0 saturated heterocycles. The van der Waals surface area contributed by atoms with Crippen molar-refractivity contribution in [2.24, 2.45) is 0 Å². The van der Waals surface area contributed by atoms with Gasteiger partial charge in [0.05, 0.1) is 11.0 Å². The number of hydrogen-bond acceptors (Lipinski definition) is 5. The van der Waals surface area contributed by atoms with Gasteiger partial charge in [-0.3, -0.25) is 10.1 Å². The van der Waals surface area contributed by atoms with Crippen LogP contribution in [0.25, 0.3) is 11.0 Å². The minimum atomic E-state index is -0.116. The van der Waals surface area contributed by atoms with E-state index in [2.05, 4.69) is 27.4 Å². The van der Waals surface area contributed by atoms with Crippen LogP contribution in [-0.4, -0.2) is 25.7 Å². The van der Waals surface area contributed by atoms with Crippen LogP contribution in [0.3, 0.4) is 0 Å². The molecule has 0 unspecified atom stereocenters. The van der Waals surface area contributed by atoms with E-state index < -0.39 is 0 Å². The highest BCUT2D eigenvalue weighted by Gasteiger charge is 2.12. The Kier molecular flexibility index (Phi) is 4.66. The molecule has 3 rings (SSSR count). The summed E-state index contributed by atoms with van der Waals surface area (Å²) < 4.78 is 1.91. The number of carbonyl (C=O) groups is 1. The van der Waals surface area contributed by atoms with Crippen molar-refractivity contribution < 1.29 is 4.79 Å². The first kappa shape index (κ1) is 15.6. The number of anilines is 1. The Bertz CT molecular complexity index is 823. The highest BCUT2D eigenvalue weighted by Crippen LogP contribution is 2.18. The molecular formula is C16H19N5OS. The van der Waals surface area contributed by atoms with Gasteiger partial charge in [0, 0.05) is 6.42 Å². The fourth-order valence-corrected chi connectivity index (χ4v) is 3.23. The molecule has 0 aliphatic heterocycles. The molecular weight excluding hydrogens is 310 g/mol. The summed E-state index contributed by atoms with van der Waals surface area (Å²) in [7, 11) is 0. The number of aromatic nitrogens is 4. The predicted octanol–water partition coefficient (Wildman–Crippen LogP) is 3.18. The third-order valence-electron chi connectivity index (χ3n) is 3.60. The summed E-state index contributed by atoms with van der Waals surface area (Å²) >= 11 is 1.44. The lowest BCUT2D eigenvalue weighted by Crippen LogP contribution is -2.19. The maximum atomic E-state index is 12.3. The van der Waals surface area contributed by atoms with E-state index in [1.54, 1.807) is 0 Å². The van der Waals surface area contributed by atoms with Gasteiger partial charge in [-0.25, -0.2) is 4.98 Å². The van der Waals surface area contributed by atoms with Crippen molar-refractivity contribution in [3.8, 4) is 0 Å². The summed E-state index contributed by atoms with van der Waals surface area (Å²) in [6.07, 6.45) is 3.12. The van der Waals surface area contributed by atoms with Gasteiger partial charge in [-0.05, 0) is 25.5 Å². The number of aryl methyl sites for hydroxylation is 2. The van der Waals surface area contributed by atoms with Gasteiger partial charge in [-0.2, -0.15) is 0 Å². The number of fused-ring (bicyclic) bond motifs is 1. The first-order valence-corrected chi connectivity index (χ1v) is 8.53. The number of nitrogens with one attached hydrogen (secondary N) is 1. The number of para-hydroxylation sites is 2. The summed E-state index contributed by atoms with van der Waals surface area (Å²) in [5.41, 5.74) is 1.86. The first-order chi connectivity index (χ1) is 11.2. The number of rotatable bonds is 6. The molecule has 0 bridgehead atoms. The monoisotopic (exact) mass is 329 g/mol. The summed E-state index contributed by atoms with van der Waals surface area (Å²) in [5.74, 6) is 0.705. The molecule has 0 fully saturated rings. The van der Waals surface area contributed by atoms with E-state index in [1.165, 1.54) is 11.3 Å². The van der Waals surface area contributed by atoms with E-state index >= 15 is 0 Å². The van der Waals surface area contributed by atoms with Crippen molar-refractivity contribution >= 4 is 33.4 Å². The predicted molar refractivity (Wildman–Crippen MR) is 91.6 cm³/mol. The number of unbranched alkanes of at least 4 members (excludes halogenated alkanes) is 1. The average Bonchev–Trinajstić information content (AvgIpc) is 3.10. The number of imidazole rings is 1. The Morgan fingerprint density at radius 2 is 2.13 bits per heavy atom. The molecule has 6 nitrogen and oxygen atoms in total. The van der Waals surface area contributed by atoms with Gasteiger partial charge >= 0.3 is 0 Å². The summed E-state index contributed by atoms with van der Waals surface area (Å²) in [6, 6.07) is 7.80. The van der Waals surface area contributed by atoms with Gasteiger partial charge in [-0.15, -0.1) is 10.2 Å². The Balaban J connectivity index is 1.69. The number of nitrogens with zero attached hydrogens (tertiary/aromatic N) is 4. The lowest BCUT2D eigenvalue weighted by Gasteiger charge is -2.06. The van der Waals surface area contributed by atoms with Crippen LogP contribution in [0.5, 0.6) is 0 Å². The Hall–Kier alpha value is -2.28. The van der Waals surface area contributed by atoms with Crippen molar-refractivity contribution in [1.82, 2.24) is 19.7 Å². The van der Waals surface area contributed by atoms with Gasteiger partial charge in [0.1, 0.15) is 17.4 Å². The third kappa shape index (κ3) is 3.56.